The van der Waals surface area contributed by atoms with Crippen LogP contribution in [-0.2, 0) is 0 Å². The summed E-state index contributed by atoms with van der Waals surface area (Å²) >= 11 is 0. The van der Waals surface area contributed by atoms with Gasteiger partial charge in [0.25, 0.3) is 0 Å². The van der Waals surface area contributed by atoms with Crippen molar-refractivity contribution in [1.82, 2.24) is 15.1 Å². The molecule has 0 atom stereocenters. The van der Waals surface area contributed by atoms with E-state index in [4.69, 9.17) is 0 Å². The van der Waals surface area contributed by atoms with Crippen LogP contribution in [0.1, 0.15) is 25.7 Å². The zero-order valence-electron chi connectivity index (χ0n) is 10.6. The number of likely N-dealkylation sites (N-methyl/N-ethyl adjacent to an activating group) is 1. The first kappa shape index (κ1) is 14.2. The van der Waals surface area contributed by atoms with Crippen LogP contribution in [0.25, 0.3) is 0 Å². The average Bonchev–Trinajstić information content (AvgIpc) is 2.30. The van der Waals surface area contributed by atoms with Crippen LogP contribution in [0.15, 0.2) is 0 Å². The smallest absolute Gasteiger partial charge is 0.0113 e. The van der Waals surface area contributed by atoms with Crippen LogP contribution in [0.2, 0.25) is 0 Å². The number of nitrogens with one attached hydrogen (secondary N) is 1. The molecule has 1 aliphatic heterocycles. The first-order chi connectivity index (χ1) is 7.29. The van der Waals surface area contributed by atoms with E-state index in [0.29, 0.717) is 0 Å². The third-order valence-electron chi connectivity index (χ3n) is 4.16. The Morgan fingerprint density at radius 1 is 0.938 bits per heavy atom. The second-order valence-electron chi connectivity index (χ2n) is 5.13. The third-order valence-corrected chi connectivity index (χ3v) is 4.16. The van der Waals surface area contributed by atoms with E-state index in [1.807, 2.05) is 0 Å². The normalized spacial score (nSPS) is 33.4. The van der Waals surface area contributed by atoms with Crippen molar-refractivity contribution in [3.63, 3.8) is 0 Å². The van der Waals surface area contributed by atoms with E-state index in [0.717, 1.165) is 12.1 Å². The summed E-state index contributed by atoms with van der Waals surface area (Å²) in [4.78, 5) is 5.15. The molecule has 1 N–H and O–H groups in total. The highest BCUT2D eigenvalue weighted by molar-refractivity contribution is 5.85. The lowest BCUT2D eigenvalue weighted by Crippen LogP contribution is -2.50. The van der Waals surface area contributed by atoms with Gasteiger partial charge in [-0.1, -0.05) is 0 Å². The van der Waals surface area contributed by atoms with E-state index < -0.39 is 0 Å². The van der Waals surface area contributed by atoms with Gasteiger partial charge in [-0.2, -0.15) is 0 Å². The molecule has 2 fully saturated rings. The van der Waals surface area contributed by atoms with Gasteiger partial charge in [0.15, 0.2) is 0 Å². The van der Waals surface area contributed by atoms with Crippen LogP contribution >= 0.6 is 12.4 Å². The molecule has 0 unspecified atom stereocenters. The predicted molar refractivity (Wildman–Crippen MR) is 71.4 cm³/mol. The number of hydrogen-bond acceptors (Lipinski definition) is 3. The highest BCUT2D eigenvalue weighted by Gasteiger charge is 2.26. The fourth-order valence-electron chi connectivity index (χ4n) is 2.92. The summed E-state index contributed by atoms with van der Waals surface area (Å²) in [6.07, 6.45) is 5.53. The van der Waals surface area contributed by atoms with Crippen LogP contribution in [0.5, 0.6) is 0 Å². The van der Waals surface area contributed by atoms with E-state index in [1.54, 1.807) is 0 Å². The summed E-state index contributed by atoms with van der Waals surface area (Å²) < 4.78 is 0. The minimum atomic E-state index is 0. The van der Waals surface area contributed by atoms with Gasteiger partial charge in [-0.05, 0) is 39.8 Å². The Bertz CT molecular complexity index is 185. The number of hydrogen-bond donors (Lipinski definition) is 1. The topological polar surface area (TPSA) is 18.5 Å². The lowest BCUT2D eigenvalue weighted by atomic mass is 9.90. The van der Waals surface area contributed by atoms with E-state index >= 15 is 0 Å². The van der Waals surface area contributed by atoms with Crippen molar-refractivity contribution in [2.24, 2.45) is 0 Å². The van der Waals surface area contributed by atoms with E-state index in [-0.39, 0.29) is 12.4 Å². The highest BCUT2D eigenvalue weighted by atomic mass is 35.5. The van der Waals surface area contributed by atoms with Gasteiger partial charge < -0.3 is 10.2 Å². The van der Waals surface area contributed by atoms with E-state index in [2.05, 4.69) is 29.2 Å². The zero-order chi connectivity index (χ0) is 10.7. The Morgan fingerprint density at radius 3 is 2.00 bits per heavy atom. The van der Waals surface area contributed by atoms with Crippen molar-refractivity contribution in [3.8, 4) is 0 Å². The number of rotatable bonds is 2. The Morgan fingerprint density at radius 2 is 1.50 bits per heavy atom. The van der Waals surface area contributed by atoms with Gasteiger partial charge in [0.2, 0.25) is 0 Å². The monoisotopic (exact) mass is 247 g/mol. The Balaban J connectivity index is 0.00000128. The van der Waals surface area contributed by atoms with Gasteiger partial charge in [-0.3, -0.25) is 4.90 Å². The predicted octanol–water partition coefficient (Wildman–Crippen LogP) is 1.19. The number of nitrogens with zero attached hydrogens (tertiary/aromatic N) is 2. The zero-order valence-corrected chi connectivity index (χ0v) is 11.4. The third kappa shape index (κ3) is 3.59. The summed E-state index contributed by atoms with van der Waals surface area (Å²) in [5, 5.41) is 3.41. The molecule has 1 aliphatic carbocycles. The standard InChI is InChI=1S/C12H25N3.ClH/c1-13-11-3-5-12(6-4-11)15-9-7-14(2)8-10-15;/h11-13H,3-10H2,1-2H3;1H. The molecule has 0 amide bonds. The fraction of sp³-hybridized carbons (Fsp3) is 1.00. The van der Waals surface area contributed by atoms with Gasteiger partial charge in [-0.25, -0.2) is 0 Å². The molecule has 0 bridgehead atoms. The Hall–Kier alpha value is 0.170. The van der Waals surface area contributed by atoms with Crippen LogP contribution < -0.4 is 5.32 Å². The molecule has 0 radical (unpaired) electrons. The fourth-order valence-corrected chi connectivity index (χ4v) is 2.92. The maximum absolute atomic E-state index is 3.41. The van der Waals surface area contributed by atoms with Gasteiger partial charge in [0.1, 0.15) is 0 Å². The molecule has 2 aliphatic rings. The SMILES string of the molecule is CNC1CCC(N2CCN(C)CC2)CC1.Cl. The van der Waals surface area contributed by atoms with Crippen molar-refractivity contribution in [2.45, 2.75) is 37.8 Å². The summed E-state index contributed by atoms with van der Waals surface area (Å²) in [7, 11) is 4.33. The Kier molecular flexibility index (Phi) is 6.05. The molecule has 0 aromatic carbocycles. The van der Waals surface area contributed by atoms with Gasteiger partial charge in [0, 0.05) is 38.3 Å². The largest absolute Gasteiger partial charge is 0.317 e. The van der Waals surface area contributed by atoms with Gasteiger partial charge in [0.05, 0.1) is 0 Å². The van der Waals surface area contributed by atoms with E-state index in [1.165, 1.54) is 51.9 Å². The molecule has 1 saturated carbocycles. The Labute approximate surface area is 106 Å². The maximum atomic E-state index is 3.41. The molecule has 1 heterocycles. The van der Waals surface area contributed by atoms with Crippen LogP contribution in [0, 0.1) is 0 Å². The summed E-state index contributed by atoms with van der Waals surface area (Å²) in [5.74, 6) is 0. The lowest BCUT2D eigenvalue weighted by Gasteiger charge is -2.41. The number of halogens is 1. The molecule has 3 nitrogen and oxygen atoms in total. The van der Waals surface area contributed by atoms with E-state index in [9.17, 15) is 0 Å². The molecule has 0 spiro atoms. The molecular formula is C12H26ClN3. The first-order valence-corrected chi connectivity index (χ1v) is 6.39. The van der Waals surface area contributed by atoms with Crippen molar-refractivity contribution in [3.05, 3.63) is 0 Å². The molecule has 0 aromatic rings. The molecule has 2 rings (SSSR count). The van der Waals surface area contributed by atoms with Gasteiger partial charge in [-0.15, -0.1) is 12.4 Å². The van der Waals surface area contributed by atoms with Crippen molar-refractivity contribution < 1.29 is 0 Å². The van der Waals surface area contributed by atoms with Crippen molar-refractivity contribution in [2.75, 3.05) is 40.3 Å². The average molecular weight is 248 g/mol. The summed E-state index contributed by atoms with van der Waals surface area (Å²) in [6, 6.07) is 1.66. The summed E-state index contributed by atoms with van der Waals surface area (Å²) in [6.45, 7) is 5.08. The minimum absolute atomic E-state index is 0. The minimum Gasteiger partial charge on any atom is -0.317 e. The van der Waals surface area contributed by atoms with Crippen LogP contribution in [0.4, 0.5) is 0 Å². The van der Waals surface area contributed by atoms with Gasteiger partial charge >= 0.3 is 0 Å². The second-order valence-corrected chi connectivity index (χ2v) is 5.13. The molecule has 16 heavy (non-hydrogen) atoms. The molecular weight excluding hydrogens is 222 g/mol. The van der Waals surface area contributed by atoms with Crippen molar-refractivity contribution in [1.29, 1.82) is 0 Å². The molecule has 1 saturated heterocycles. The van der Waals surface area contributed by atoms with Crippen LogP contribution in [-0.4, -0.2) is 62.2 Å². The maximum Gasteiger partial charge on any atom is 0.0113 e. The molecule has 4 heteroatoms. The molecule has 0 aromatic heterocycles. The summed E-state index contributed by atoms with van der Waals surface area (Å²) in [5.41, 5.74) is 0. The lowest BCUT2D eigenvalue weighted by molar-refractivity contribution is 0.0860. The second kappa shape index (κ2) is 6.80. The van der Waals surface area contributed by atoms with Crippen LogP contribution in [0.3, 0.4) is 0 Å². The van der Waals surface area contributed by atoms with Crippen molar-refractivity contribution >= 4 is 12.4 Å². The molecule has 96 valence electrons. The highest BCUT2D eigenvalue weighted by Crippen LogP contribution is 2.23. The quantitative estimate of drug-likeness (QED) is 0.791. The first-order valence-electron chi connectivity index (χ1n) is 6.39. The number of piperazine rings is 1.